The molecule has 16 valence electrons. The van der Waals surface area contributed by atoms with Crippen molar-refractivity contribution in [1.29, 1.82) is 0 Å². The van der Waals surface area contributed by atoms with E-state index in [1.165, 1.54) is 0 Å². The average molecular weight is 229 g/mol. The van der Waals surface area contributed by atoms with Crippen LogP contribution in [0.4, 0.5) is 0 Å². The van der Waals surface area contributed by atoms with Crippen LogP contribution in [0.2, 0.25) is 0 Å². The number of hydrogen-bond donors (Lipinski definition) is 0. The minimum absolute atomic E-state index is 0. The van der Waals surface area contributed by atoms with E-state index in [1.807, 2.05) is 0 Å². The van der Waals surface area contributed by atoms with E-state index >= 15 is 0 Å². The van der Waals surface area contributed by atoms with E-state index in [2.05, 4.69) is 0 Å². The standard InChI is InChI=1S/Ca.K.H2Se.Zn.3H/h;;1H2;;;;/q+2;+1;;;3*-1. The summed E-state index contributed by atoms with van der Waals surface area (Å²) in [6.07, 6.45) is 0. The van der Waals surface area contributed by atoms with Crippen LogP contribution in [0.15, 0.2) is 0 Å². The zero-order valence-electron chi connectivity index (χ0n) is 5.91. The number of hydrogen-bond acceptors (Lipinski definition) is 0. The first-order valence-corrected chi connectivity index (χ1v) is 0. The summed E-state index contributed by atoms with van der Waals surface area (Å²) in [6, 6.07) is 0. The van der Waals surface area contributed by atoms with Crippen LogP contribution in [0.25, 0.3) is 0 Å². The molecule has 4 heteroatoms. The second kappa shape index (κ2) is 15.7. The van der Waals surface area contributed by atoms with Gasteiger partial charge in [0.05, 0.1) is 0 Å². The van der Waals surface area contributed by atoms with Gasteiger partial charge >= 0.3 is 106 Å². The molecule has 0 rings (SSSR count). The molecule has 0 heterocycles. The van der Waals surface area contributed by atoms with Gasteiger partial charge in [-0.25, -0.2) is 0 Å². The average Bonchev–Trinajstić information content (AvgIpc) is 0. The van der Waals surface area contributed by atoms with Gasteiger partial charge in [0.25, 0.3) is 0 Å². The summed E-state index contributed by atoms with van der Waals surface area (Å²) in [7, 11) is 0. The predicted octanol–water partition coefficient (Wildman–Crippen LogP) is -3.96. The van der Waals surface area contributed by atoms with Crippen molar-refractivity contribution in [2.24, 2.45) is 0 Å². The Hall–Kier alpha value is 4.04. The van der Waals surface area contributed by atoms with Crippen molar-refractivity contribution < 1.29 is 75.1 Å². The molecule has 0 unspecified atom stereocenters. The molecular weight excluding hydrogens is 224 g/mol. The summed E-state index contributed by atoms with van der Waals surface area (Å²) in [6.45, 7) is 0. The van der Waals surface area contributed by atoms with Crippen molar-refractivity contribution >= 4 is 54.8 Å². The van der Waals surface area contributed by atoms with Gasteiger partial charge in [-0.15, -0.1) is 0 Å². The molecular formula is H5CaKSeZn. The molecule has 0 spiro atoms. The normalized spacial score (nSPS) is 0. The fourth-order valence-electron chi connectivity index (χ4n) is 0. The third-order valence-corrected chi connectivity index (χ3v) is 0. The largest absolute Gasteiger partial charge is 0 e. The molecule has 0 fully saturated rings. The molecule has 0 aromatic carbocycles. The Morgan fingerprint density at radius 1 is 1.25 bits per heavy atom. The van der Waals surface area contributed by atoms with E-state index in [9.17, 15) is 0 Å². The second-order valence-corrected chi connectivity index (χ2v) is 0. The van der Waals surface area contributed by atoms with Crippen LogP contribution in [-0.2, 0) is 19.5 Å². The van der Waals surface area contributed by atoms with E-state index in [4.69, 9.17) is 0 Å². The second-order valence-electron chi connectivity index (χ2n) is 0. The van der Waals surface area contributed by atoms with Gasteiger partial charge in [0.1, 0.15) is 0 Å². The van der Waals surface area contributed by atoms with Crippen molar-refractivity contribution in [3.8, 4) is 0 Å². The van der Waals surface area contributed by atoms with E-state index in [1.54, 1.807) is 0 Å². The van der Waals surface area contributed by atoms with Gasteiger partial charge in [0.2, 0.25) is 0 Å². The predicted molar refractivity (Wildman–Crippen MR) is 17.6 cm³/mol. The van der Waals surface area contributed by atoms with Crippen molar-refractivity contribution in [1.82, 2.24) is 0 Å². The van der Waals surface area contributed by atoms with Crippen molar-refractivity contribution in [2.75, 3.05) is 0 Å². The molecule has 0 saturated heterocycles. The van der Waals surface area contributed by atoms with E-state index < -0.39 is 0 Å². The molecule has 0 N–H and O–H groups in total. The third kappa shape index (κ3) is 9.40. The molecule has 4 heavy (non-hydrogen) atoms. The minimum Gasteiger partial charge on any atom is 0 e. The molecule has 0 aliphatic carbocycles. The van der Waals surface area contributed by atoms with Crippen molar-refractivity contribution in [3.63, 3.8) is 0 Å². The monoisotopic (exact) mass is 228 g/mol. The van der Waals surface area contributed by atoms with E-state index in [0.29, 0.717) is 0 Å². The quantitative estimate of drug-likeness (QED) is 0.371. The minimum atomic E-state index is 0. The Kier molecular flexibility index (Phi) is 96.1. The summed E-state index contributed by atoms with van der Waals surface area (Å²) in [5.74, 6) is 0. The van der Waals surface area contributed by atoms with Gasteiger partial charge in [0.15, 0.2) is 0 Å². The summed E-state index contributed by atoms with van der Waals surface area (Å²) in [5, 5.41) is 0. The van der Waals surface area contributed by atoms with Crippen molar-refractivity contribution in [3.05, 3.63) is 0 Å². The van der Waals surface area contributed by atoms with Gasteiger partial charge in [-0.3, -0.25) is 0 Å². The fraction of sp³-hybridized carbons (Fsp3) is 0. The Bertz CT molecular complexity index is 14.9. The van der Waals surface area contributed by atoms with Crippen LogP contribution < -0.4 is 51.4 Å². The summed E-state index contributed by atoms with van der Waals surface area (Å²) < 4.78 is 0. The maximum atomic E-state index is 0. The maximum absolute atomic E-state index is 0. The third-order valence-electron chi connectivity index (χ3n) is 0. The number of rotatable bonds is 0. The molecule has 0 saturated carbocycles. The summed E-state index contributed by atoms with van der Waals surface area (Å²) >= 11 is 0. The van der Waals surface area contributed by atoms with Gasteiger partial charge in [-0.1, -0.05) is 0 Å². The van der Waals surface area contributed by atoms with Crippen LogP contribution in [0.1, 0.15) is 4.28 Å². The van der Waals surface area contributed by atoms with Crippen LogP contribution in [0, 0.1) is 0 Å². The van der Waals surface area contributed by atoms with Crippen LogP contribution >= 0.6 is 0 Å². The van der Waals surface area contributed by atoms with Gasteiger partial charge in [0, 0.05) is 19.5 Å². The molecule has 0 aromatic rings. The summed E-state index contributed by atoms with van der Waals surface area (Å²) in [5.41, 5.74) is 0. The first-order chi connectivity index (χ1) is 0. The van der Waals surface area contributed by atoms with Crippen molar-refractivity contribution in [2.45, 2.75) is 0 Å². The SMILES string of the molecule is [Ca+2].[H-].[H-].[H-].[K+].[SeH2].[Zn]. The first-order valence-electron chi connectivity index (χ1n) is 0. The molecule has 0 nitrogen and oxygen atoms in total. The molecule has 0 bridgehead atoms. The molecule has 0 radical (unpaired) electrons. The zero-order chi connectivity index (χ0) is 0. The fourth-order valence-corrected chi connectivity index (χ4v) is 0. The maximum Gasteiger partial charge on any atom is 0 e. The summed E-state index contributed by atoms with van der Waals surface area (Å²) in [4.78, 5) is 0. The molecule has 0 atom stereocenters. The Morgan fingerprint density at radius 2 is 1.25 bits per heavy atom. The molecule has 0 aliphatic rings. The molecule has 0 amide bonds. The Balaban J connectivity index is 0. The van der Waals surface area contributed by atoms with Gasteiger partial charge < -0.3 is 4.28 Å². The molecule has 0 aromatic heterocycles. The Labute approximate surface area is 126 Å². The van der Waals surface area contributed by atoms with Gasteiger partial charge in [-0.2, -0.15) is 0 Å². The first kappa shape index (κ1) is 24.4. The topological polar surface area (TPSA) is 0 Å². The molecule has 0 aliphatic heterocycles. The zero-order valence-corrected chi connectivity index (χ0v) is 13.3. The Morgan fingerprint density at radius 3 is 1.25 bits per heavy atom. The van der Waals surface area contributed by atoms with E-state index in [-0.39, 0.29) is 130 Å². The van der Waals surface area contributed by atoms with Crippen LogP contribution in [0.5, 0.6) is 0 Å². The van der Waals surface area contributed by atoms with E-state index in [0.717, 1.165) is 0 Å². The van der Waals surface area contributed by atoms with Gasteiger partial charge in [-0.05, 0) is 0 Å². The smallest absolute Gasteiger partial charge is 0 e. The van der Waals surface area contributed by atoms with Crippen LogP contribution in [0.3, 0.4) is 0 Å². The van der Waals surface area contributed by atoms with Crippen LogP contribution in [-0.4, -0.2) is 54.8 Å².